The highest BCUT2D eigenvalue weighted by Crippen LogP contribution is 2.13. The lowest BCUT2D eigenvalue weighted by atomic mass is 9.93. The highest BCUT2D eigenvalue weighted by molar-refractivity contribution is 5.82. The van der Waals surface area contributed by atoms with Gasteiger partial charge in [-0.25, -0.2) is 0 Å². The van der Waals surface area contributed by atoms with Crippen LogP contribution in [0.4, 0.5) is 0 Å². The van der Waals surface area contributed by atoms with Gasteiger partial charge < -0.3 is 10.6 Å². The Bertz CT molecular complexity index is 200. The zero-order chi connectivity index (χ0) is 11.4. The van der Waals surface area contributed by atoms with Gasteiger partial charge in [-0.05, 0) is 31.2 Å². The molecule has 1 saturated heterocycles. The molecule has 3 heteroatoms. The molecule has 0 aromatic heterocycles. The summed E-state index contributed by atoms with van der Waals surface area (Å²) in [7, 11) is 0. The minimum absolute atomic E-state index is 0.0463. The molecule has 0 aliphatic carbocycles. The van der Waals surface area contributed by atoms with E-state index in [1.54, 1.807) is 0 Å². The lowest BCUT2D eigenvalue weighted by Gasteiger charge is -2.27. The molecule has 1 fully saturated rings. The van der Waals surface area contributed by atoms with Crippen LogP contribution in [0.3, 0.4) is 0 Å². The zero-order valence-electron chi connectivity index (χ0n) is 10.3. The molecular weight excluding hydrogens is 188 g/mol. The highest BCUT2D eigenvalue weighted by Gasteiger charge is 2.26. The van der Waals surface area contributed by atoms with Crippen LogP contribution in [0.15, 0.2) is 0 Å². The Morgan fingerprint density at radius 1 is 1.27 bits per heavy atom. The fourth-order valence-corrected chi connectivity index (χ4v) is 2.28. The maximum atomic E-state index is 11.9. The van der Waals surface area contributed by atoms with Crippen molar-refractivity contribution in [3.63, 3.8) is 0 Å². The van der Waals surface area contributed by atoms with Crippen LogP contribution in [0, 0.1) is 11.8 Å². The van der Waals surface area contributed by atoms with E-state index in [-0.39, 0.29) is 11.9 Å². The predicted octanol–water partition coefficient (Wildman–Crippen LogP) is 1.54. The molecule has 0 spiro atoms. The molecule has 2 N–H and O–H groups in total. The van der Waals surface area contributed by atoms with Gasteiger partial charge in [0, 0.05) is 6.04 Å². The number of carbonyl (C=O) groups excluding carboxylic acids is 1. The summed E-state index contributed by atoms with van der Waals surface area (Å²) in [5, 5.41) is 6.38. The van der Waals surface area contributed by atoms with E-state index in [9.17, 15) is 4.79 Å². The number of hydrogen-bond acceptors (Lipinski definition) is 2. The summed E-state index contributed by atoms with van der Waals surface area (Å²) in [6.45, 7) is 9.62. The summed E-state index contributed by atoms with van der Waals surface area (Å²) >= 11 is 0. The van der Waals surface area contributed by atoms with Crippen molar-refractivity contribution >= 4 is 5.91 Å². The molecule has 1 aliphatic heterocycles. The maximum absolute atomic E-state index is 11.9. The first-order valence-electron chi connectivity index (χ1n) is 6.06. The van der Waals surface area contributed by atoms with Gasteiger partial charge >= 0.3 is 0 Å². The van der Waals surface area contributed by atoms with Crippen LogP contribution in [-0.2, 0) is 4.79 Å². The van der Waals surface area contributed by atoms with E-state index in [4.69, 9.17) is 0 Å². The number of rotatable bonds is 4. The Balaban J connectivity index is 2.46. The van der Waals surface area contributed by atoms with Crippen LogP contribution in [0.5, 0.6) is 0 Å². The van der Waals surface area contributed by atoms with Crippen molar-refractivity contribution in [3.8, 4) is 0 Å². The maximum Gasteiger partial charge on any atom is 0.237 e. The molecular formula is C12H24N2O. The number of nitrogens with one attached hydrogen (secondary N) is 2. The van der Waals surface area contributed by atoms with Gasteiger partial charge in [0.15, 0.2) is 0 Å². The van der Waals surface area contributed by atoms with Crippen LogP contribution in [0.25, 0.3) is 0 Å². The first kappa shape index (κ1) is 12.5. The first-order valence-corrected chi connectivity index (χ1v) is 6.06. The number of carbonyl (C=O) groups is 1. The smallest absolute Gasteiger partial charge is 0.237 e. The van der Waals surface area contributed by atoms with Gasteiger partial charge in [-0.15, -0.1) is 0 Å². The van der Waals surface area contributed by atoms with Crippen molar-refractivity contribution in [2.24, 2.45) is 11.8 Å². The predicted molar refractivity (Wildman–Crippen MR) is 62.6 cm³/mol. The van der Waals surface area contributed by atoms with Crippen molar-refractivity contribution in [2.75, 3.05) is 6.54 Å². The summed E-state index contributed by atoms with van der Waals surface area (Å²) < 4.78 is 0. The Morgan fingerprint density at radius 2 is 1.87 bits per heavy atom. The molecule has 0 bridgehead atoms. The van der Waals surface area contributed by atoms with Gasteiger partial charge in [0.25, 0.3) is 0 Å². The van der Waals surface area contributed by atoms with Crippen LogP contribution < -0.4 is 10.6 Å². The van der Waals surface area contributed by atoms with E-state index >= 15 is 0 Å². The lowest BCUT2D eigenvalue weighted by molar-refractivity contribution is -0.124. The second-order valence-electron chi connectivity index (χ2n) is 5.17. The molecule has 1 heterocycles. The molecule has 0 saturated carbocycles. The zero-order valence-corrected chi connectivity index (χ0v) is 10.3. The van der Waals surface area contributed by atoms with Crippen molar-refractivity contribution < 1.29 is 4.79 Å². The summed E-state index contributed by atoms with van der Waals surface area (Å²) in [5.41, 5.74) is 0. The fourth-order valence-electron chi connectivity index (χ4n) is 2.28. The highest BCUT2D eigenvalue weighted by atomic mass is 16.2. The first-order chi connectivity index (χ1) is 7.02. The molecule has 1 aliphatic rings. The third-order valence-corrected chi connectivity index (χ3v) is 3.12. The summed E-state index contributed by atoms with van der Waals surface area (Å²) in [6.07, 6.45) is 2.10. The minimum Gasteiger partial charge on any atom is -0.352 e. The average molecular weight is 212 g/mol. The minimum atomic E-state index is 0.0463. The van der Waals surface area contributed by atoms with Crippen LogP contribution in [0.2, 0.25) is 0 Å². The van der Waals surface area contributed by atoms with Gasteiger partial charge in [-0.2, -0.15) is 0 Å². The topological polar surface area (TPSA) is 41.1 Å². The Kier molecular flexibility index (Phi) is 4.58. The molecule has 0 aromatic rings. The van der Waals surface area contributed by atoms with E-state index in [0.717, 1.165) is 19.4 Å². The van der Waals surface area contributed by atoms with E-state index in [0.29, 0.717) is 17.9 Å². The summed E-state index contributed by atoms with van der Waals surface area (Å²) in [4.78, 5) is 11.9. The summed E-state index contributed by atoms with van der Waals surface area (Å²) in [5.74, 6) is 1.17. The third-order valence-electron chi connectivity index (χ3n) is 3.12. The molecule has 1 amide bonds. The lowest BCUT2D eigenvalue weighted by Crippen LogP contribution is -2.49. The van der Waals surface area contributed by atoms with Crippen molar-refractivity contribution in [2.45, 2.75) is 52.6 Å². The average Bonchev–Trinajstić information content (AvgIpc) is 2.65. The number of amides is 1. The van der Waals surface area contributed by atoms with Gasteiger partial charge in [0.1, 0.15) is 0 Å². The second kappa shape index (κ2) is 5.50. The van der Waals surface area contributed by atoms with Gasteiger partial charge in [-0.1, -0.05) is 27.7 Å². The van der Waals surface area contributed by atoms with Crippen molar-refractivity contribution in [1.29, 1.82) is 0 Å². The molecule has 3 nitrogen and oxygen atoms in total. The number of hydrogen-bond donors (Lipinski definition) is 2. The molecule has 0 aromatic carbocycles. The Morgan fingerprint density at radius 3 is 2.27 bits per heavy atom. The quantitative estimate of drug-likeness (QED) is 0.742. The normalized spacial score (nSPS) is 21.7. The van der Waals surface area contributed by atoms with Crippen LogP contribution in [0.1, 0.15) is 40.5 Å². The standard InChI is InChI=1S/C12H24N2O/c1-8(2)11(9(3)4)14-12(15)10-6-5-7-13-10/h8-11,13H,5-7H2,1-4H3,(H,14,15). The van der Waals surface area contributed by atoms with Gasteiger partial charge in [0.2, 0.25) is 5.91 Å². The largest absolute Gasteiger partial charge is 0.352 e. The summed E-state index contributed by atoms with van der Waals surface area (Å²) in [6, 6.07) is 0.338. The van der Waals surface area contributed by atoms with E-state index < -0.39 is 0 Å². The molecule has 0 radical (unpaired) electrons. The fraction of sp³-hybridized carbons (Fsp3) is 0.917. The molecule has 1 atom stereocenters. The van der Waals surface area contributed by atoms with Crippen molar-refractivity contribution in [3.05, 3.63) is 0 Å². The Labute approximate surface area is 93.0 Å². The molecule has 88 valence electrons. The molecule has 1 unspecified atom stereocenters. The van der Waals surface area contributed by atoms with Gasteiger partial charge in [-0.3, -0.25) is 4.79 Å². The second-order valence-corrected chi connectivity index (χ2v) is 5.17. The molecule has 15 heavy (non-hydrogen) atoms. The van der Waals surface area contributed by atoms with E-state index in [1.165, 1.54) is 0 Å². The Hall–Kier alpha value is -0.570. The van der Waals surface area contributed by atoms with E-state index in [1.807, 2.05) is 0 Å². The van der Waals surface area contributed by atoms with Crippen molar-refractivity contribution in [1.82, 2.24) is 10.6 Å². The van der Waals surface area contributed by atoms with E-state index in [2.05, 4.69) is 38.3 Å². The van der Waals surface area contributed by atoms with Gasteiger partial charge in [0.05, 0.1) is 6.04 Å². The third kappa shape index (κ3) is 3.49. The SMILES string of the molecule is CC(C)C(NC(=O)C1CCCN1)C(C)C. The molecule has 1 rings (SSSR count). The monoisotopic (exact) mass is 212 g/mol. The van der Waals surface area contributed by atoms with Crippen LogP contribution in [-0.4, -0.2) is 24.5 Å². The van der Waals surface area contributed by atoms with Crippen LogP contribution >= 0.6 is 0 Å².